The number of nitrogens with zero attached hydrogens (tertiary/aromatic N) is 1. The summed E-state index contributed by atoms with van der Waals surface area (Å²) in [6.45, 7) is -0.174. The van der Waals surface area contributed by atoms with Crippen molar-refractivity contribution in [3.63, 3.8) is 0 Å². The number of likely N-dealkylation sites (tertiary alicyclic amines) is 1. The molecule has 0 radical (unpaired) electrons. The van der Waals surface area contributed by atoms with E-state index in [0.717, 1.165) is 11.1 Å². The van der Waals surface area contributed by atoms with Crippen LogP contribution in [-0.4, -0.2) is 36.0 Å². The van der Waals surface area contributed by atoms with Crippen LogP contribution in [0, 0.1) is 0 Å². The van der Waals surface area contributed by atoms with Crippen LogP contribution >= 0.6 is 0 Å². The largest absolute Gasteiger partial charge is 0.323 e. The zero-order valence-corrected chi connectivity index (χ0v) is 13.1. The molecule has 2 aromatic carbocycles. The molecule has 4 nitrogen and oxygen atoms in total. The van der Waals surface area contributed by atoms with E-state index >= 15 is 0 Å². The summed E-state index contributed by atoms with van der Waals surface area (Å²) in [5.41, 5.74) is 7.96. The van der Waals surface area contributed by atoms with Crippen LogP contribution in [0.3, 0.4) is 0 Å². The van der Waals surface area contributed by atoms with Crippen LogP contribution in [0.15, 0.2) is 54.6 Å². The number of benzene rings is 2. The number of carbonyl (C=O) groups is 1. The summed E-state index contributed by atoms with van der Waals surface area (Å²) in [6, 6.07) is 15.3. The number of amides is 2. The summed E-state index contributed by atoms with van der Waals surface area (Å²) in [6.07, 6.45) is -0.415. The van der Waals surface area contributed by atoms with Gasteiger partial charge in [-0.1, -0.05) is 48.5 Å². The molecule has 0 saturated carbocycles. The van der Waals surface area contributed by atoms with E-state index in [0.29, 0.717) is 5.69 Å². The van der Waals surface area contributed by atoms with Gasteiger partial charge in [0.1, 0.15) is 0 Å². The summed E-state index contributed by atoms with van der Waals surface area (Å²) in [7, 11) is 0. The van der Waals surface area contributed by atoms with Gasteiger partial charge in [-0.25, -0.2) is 13.6 Å². The lowest BCUT2D eigenvalue weighted by molar-refractivity contribution is -0.0635. The molecule has 0 aromatic heterocycles. The van der Waals surface area contributed by atoms with Crippen LogP contribution in [-0.2, 0) is 0 Å². The zero-order valence-electron chi connectivity index (χ0n) is 13.1. The van der Waals surface area contributed by atoms with Gasteiger partial charge in [0.25, 0.3) is 5.92 Å². The van der Waals surface area contributed by atoms with Crippen LogP contribution < -0.4 is 11.1 Å². The lowest BCUT2D eigenvalue weighted by Gasteiger charge is -2.36. The first-order valence-electron chi connectivity index (χ1n) is 7.81. The van der Waals surface area contributed by atoms with Crippen LogP contribution in [0.1, 0.15) is 6.42 Å². The van der Waals surface area contributed by atoms with Crippen molar-refractivity contribution in [2.75, 3.05) is 18.4 Å². The van der Waals surface area contributed by atoms with Gasteiger partial charge in [0.2, 0.25) is 0 Å². The van der Waals surface area contributed by atoms with Gasteiger partial charge in [-0.2, -0.15) is 0 Å². The van der Waals surface area contributed by atoms with Gasteiger partial charge in [-0.15, -0.1) is 0 Å². The zero-order chi connectivity index (χ0) is 17.2. The molecule has 126 valence electrons. The highest BCUT2D eigenvalue weighted by Crippen LogP contribution is 2.30. The summed E-state index contributed by atoms with van der Waals surface area (Å²) in [4.78, 5) is 13.8. The first-order valence-corrected chi connectivity index (χ1v) is 7.81. The van der Waals surface area contributed by atoms with E-state index in [1.807, 2.05) is 48.5 Å². The normalized spacial score (nSPS) is 19.8. The van der Waals surface area contributed by atoms with Crippen molar-refractivity contribution < 1.29 is 13.6 Å². The predicted octanol–water partition coefficient (Wildman–Crippen LogP) is 3.55. The molecule has 1 saturated heterocycles. The van der Waals surface area contributed by atoms with Crippen molar-refractivity contribution >= 4 is 11.7 Å². The van der Waals surface area contributed by atoms with Gasteiger partial charge in [0, 0.05) is 25.1 Å². The molecule has 2 amide bonds. The van der Waals surface area contributed by atoms with E-state index in [9.17, 15) is 13.6 Å². The topological polar surface area (TPSA) is 58.4 Å². The molecule has 3 rings (SSSR count). The number of urea groups is 1. The first-order chi connectivity index (χ1) is 11.5. The number of rotatable bonds is 2. The number of piperidine rings is 1. The Kier molecular flexibility index (Phi) is 4.49. The standard InChI is InChI=1S/C18H19F2N3O/c19-18(20)10-11-23(12-16(18)21)17(24)22-15-9-5-4-8-14(15)13-6-2-1-3-7-13/h1-9,16H,10-12,21H2,(H,22,24). The fraction of sp³-hybridized carbons (Fsp3) is 0.278. The van der Waals surface area contributed by atoms with Crippen molar-refractivity contribution in [3.05, 3.63) is 54.6 Å². The van der Waals surface area contributed by atoms with Gasteiger partial charge < -0.3 is 16.0 Å². The van der Waals surface area contributed by atoms with E-state index in [1.54, 1.807) is 6.07 Å². The minimum Gasteiger partial charge on any atom is -0.323 e. The number of para-hydroxylation sites is 1. The van der Waals surface area contributed by atoms with Gasteiger partial charge in [-0.05, 0) is 11.6 Å². The number of halogens is 2. The molecule has 0 aliphatic carbocycles. The number of nitrogens with two attached hydrogens (primary N) is 1. The van der Waals surface area contributed by atoms with Gasteiger partial charge >= 0.3 is 6.03 Å². The highest BCUT2D eigenvalue weighted by atomic mass is 19.3. The van der Waals surface area contributed by atoms with E-state index in [1.165, 1.54) is 4.90 Å². The fourth-order valence-electron chi connectivity index (χ4n) is 2.77. The maximum absolute atomic E-state index is 13.5. The summed E-state index contributed by atoms with van der Waals surface area (Å²) in [5, 5.41) is 2.81. The summed E-state index contributed by atoms with van der Waals surface area (Å²) in [5.74, 6) is -2.92. The monoisotopic (exact) mass is 331 g/mol. The molecular formula is C18H19F2N3O. The quantitative estimate of drug-likeness (QED) is 0.884. The Bertz CT molecular complexity index is 721. The minimum atomic E-state index is -2.92. The Morgan fingerprint density at radius 3 is 2.50 bits per heavy atom. The van der Waals surface area contributed by atoms with Crippen molar-refractivity contribution in [2.24, 2.45) is 5.73 Å². The fourth-order valence-corrected chi connectivity index (χ4v) is 2.77. The summed E-state index contributed by atoms with van der Waals surface area (Å²) < 4.78 is 26.9. The van der Waals surface area contributed by atoms with Crippen LogP contribution in [0.4, 0.5) is 19.3 Å². The molecule has 1 fully saturated rings. The second kappa shape index (κ2) is 6.57. The Morgan fingerprint density at radius 1 is 1.12 bits per heavy atom. The van der Waals surface area contributed by atoms with Crippen LogP contribution in [0.25, 0.3) is 11.1 Å². The number of hydrogen-bond acceptors (Lipinski definition) is 2. The van der Waals surface area contributed by atoms with Gasteiger partial charge in [0.15, 0.2) is 0 Å². The van der Waals surface area contributed by atoms with Crippen LogP contribution in [0.2, 0.25) is 0 Å². The molecule has 1 heterocycles. The molecule has 1 unspecified atom stereocenters. The molecule has 0 bridgehead atoms. The number of alkyl halides is 2. The smallest absolute Gasteiger partial charge is 0.321 e. The van der Waals surface area contributed by atoms with Crippen molar-refractivity contribution in [1.82, 2.24) is 4.90 Å². The molecule has 2 aromatic rings. The number of carbonyl (C=O) groups excluding carboxylic acids is 1. The Labute approximate surface area is 139 Å². The van der Waals surface area contributed by atoms with E-state index in [-0.39, 0.29) is 13.1 Å². The molecule has 6 heteroatoms. The van der Waals surface area contributed by atoms with Crippen molar-refractivity contribution in [1.29, 1.82) is 0 Å². The third-order valence-corrected chi connectivity index (χ3v) is 4.22. The van der Waals surface area contributed by atoms with Crippen LogP contribution in [0.5, 0.6) is 0 Å². The number of anilines is 1. The van der Waals surface area contributed by atoms with E-state index in [2.05, 4.69) is 5.32 Å². The average Bonchev–Trinajstić information content (AvgIpc) is 2.58. The minimum absolute atomic E-state index is 0.0139. The second-order valence-electron chi connectivity index (χ2n) is 5.91. The number of hydrogen-bond donors (Lipinski definition) is 2. The SMILES string of the molecule is NC1CN(C(=O)Nc2ccccc2-c2ccccc2)CCC1(F)F. The Balaban J connectivity index is 1.76. The van der Waals surface area contributed by atoms with Crippen molar-refractivity contribution in [3.8, 4) is 11.1 Å². The van der Waals surface area contributed by atoms with Gasteiger partial charge in [-0.3, -0.25) is 0 Å². The lowest BCUT2D eigenvalue weighted by atomic mass is 10.0. The van der Waals surface area contributed by atoms with Crippen molar-refractivity contribution in [2.45, 2.75) is 18.4 Å². The molecule has 24 heavy (non-hydrogen) atoms. The van der Waals surface area contributed by atoms with Gasteiger partial charge in [0.05, 0.1) is 11.7 Å². The maximum atomic E-state index is 13.5. The second-order valence-corrected chi connectivity index (χ2v) is 5.91. The molecule has 1 aliphatic rings. The number of nitrogens with one attached hydrogen (secondary N) is 1. The molecule has 3 N–H and O–H groups in total. The Morgan fingerprint density at radius 2 is 1.79 bits per heavy atom. The van der Waals surface area contributed by atoms with E-state index < -0.39 is 24.4 Å². The molecule has 1 aliphatic heterocycles. The lowest BCUT2D eigenvalue weighted by Crippen LogP contribution is -2.57. The van der Waals surface area contributed by atoms with E-state index in [4.69, 9.17) is 5.73 Å². The molecule has 1 atom stereocenters. The molecule has 0 spiro atoms. The highest BCUT2D eigenvalue weighted by Gasteiger charge is 2.43. The first kappa shape index (κ1) is 16.4. The summed E-state index contributed by atoms with van der Waals surface area (Å²) >= 11 is 0. The third-order valence-electron chi connectivity index (χ3n) is 4.22. The maximum Gasteiger partial charge on any atom is 0.321 e. The predicted molar refractivity (Wildman–Crippen MR) is 90.0 cm³/mol. The third kappa shape index (κ3) is 3.38. The molecular weight excluding hydrogens is 312 g/mol. The highest BCUT2D eigenvalue weighted by molar-refractivity contribution is 5.94. The average molecular weight is 331 g/mol. The Hall–Kier alpha value is -2.47.